The number of benzene rings is 2. The van der Waals surface area contributed by atoms with Gasteiger partial charge in [-0.15, -0.1) is 0 Å². The number of methoxy groups -OCH3 is 1. The minimum Gasteiger partial charge on any atom is -0.453 e. The number of amides is 1. The van der Waals surface area contributed by atoms with Gasteiger partial charge in [-0.3, -0.25) is 14.8 Å². The Kier molecular flexibility index (Phi) is 6.02. The van der Waals surface area contributed by atoms with Crippen molar-refractivity contribution in [3.8, 4) is 0 Å². The number of imidazole rings is 1. The van der Waals surface area contributed by atoms with Gasteiger partial charge in [0, 0.05) is 47.7 Å². The largest absolute Gasteiger partial charge is 0.453 e. The van der Waals surface area contributed by atoms with Gasteiger partial charge in [0.2, 0.25) is 6.04 Å². The zero-order valence-corrected chi connectivity index (χ0v) is 20.9. The summed E-state index contributed by atoms with van der Waals surface area (Å²) >= 11 is 0. The molecule has 0 radical (unpaired) electrons. The molecule has 3 heterocycles. The first-order valence-corrected chi connectivity index (χ1v) is 12.9. The molecule has 0 unspecified atom stereocenters. The van der Waals surface area contributed by atoms with Crippen molar-refractivity contribution in [1.82, 2.24) is 24.2 Å². The molecule has 37 heavy (non-hydrogen) atoms. The van der Waals surface area contributed by atoms with E-state index >= 15 is 0 Å². The van der Waals surface area contributed by atoms with Crippen molar-refractivity contribution in [1.29, 1.82) is 0 Å². The number of aryl methyl sites for hydroxylation is 2. The molecule has 0 saturated heterocycles. The van der Waals surface area contributed by atoms with E-state index in [4.69, 9.17) is 9.72 Å². The minimum atomic E-state index is -0.467. The molecule has 10 heteroatoms. The number of hydrogen-bond donors (Lipinski definition) is 0. The predicted octanol–water partition coefficient (Wildman–Crippen LogP) is 4.51. The van der Waals surface area contributed by atoms with E-state index in [2.05, 4.69) is 33.9 Å². The molecule has 1 aliphatic carbocycles. The van der Waals surface area contributed by atoms with E-state index in [1.165, 1.54) is 12.7 Å². The number of carbonyl (C=O) groups excluding carboxylic acids is 1. The predicted molar refractivity (Wildman–Crippen MR) is 138 cm³/mol. The molecule has 1 fully saturated rings. The van der Waals surface area contributed by atoms with Gasteiger partial charge < -0.3 is 14.2 Å². The van der Waals surface area contributed by atoms with E-state index < -0.39 is 6.04 Å². The third kappa shape index (κ3) is 4.20. The van der Waals surface area contributed by atoms with Crippen molar-refractivity contribution in [3.63, 3.8) is 0 Å². The van der Waals surface area contributed by atoms with Crippen LogP contribution in [-0.4, -0.2) is 54.9 Å². The van der Waals surface area contributed by atoms with Crippen molar-refractivity contribution in [2.75, 3.05) is 13.7 Å². The van der Waals surface area contributed by atoms with Crippen LogP contribution in [0.4, 0.5) is 4.79 Å². The number of nitro groups is 1. The maximum Gasteiger partial charge on any atom is 0.409 e. The molecular weight excluding hydrogens is 472 g/mol. The first-order valence-electron chi connectivity index (χ1n) is 12.9. The van der Waals surface area contributed by atoms with Crippen LogP contribution >= 0.6 is 0 Å². The Balaban J connectivity index is 1.38. The average molecular weight is 503 g/mol. The molecule has 0 bridgehead atoms. The zero-order valence-electron chi connectivity index (χ0n) is 20.9. The fraction of sp³-hybridized carbons (Fsp3) is 0.444. The Morgan fingerprint density at radius 1 is 1.11 bits per heavy atom. The van der Waals surface area contributed by atoms with Gasteiger partial charge in [-0.25, -0.2) is 9.78 Å². The van der Waals surface area contributed by atoms with E-state index in [1.807, 2.05) is 23.0 Å². The second-order valence-electron chi connectivity index (χ2n) is 10.1. The number of hydrogen-bond acceptors (Lipinski definition) is 6. The summed E-state index contributed by atoms with van der Waals surface area (Å²) in [6.45, 7) is 2.46. The van der Waals surface area contributed by atoms with E-state index in [0.29, 0.717) is 39.0 Å². The fourth-order valence-corrected chi connectivity index (χ4v) is 6.02. The van der Waals surface area contributed by atoms with E-state index in [-0.39, 0.29) is 16.9 Å². The first kappa shape index (κ1) is 23.4. The molecule has 1 amide bonds. The summed E-state index contributed by atoms with van der Waals surface area (Å²) in [5.41, 5.74) is 5.32. The maximum atomic E-state index is 12.3. The van der Waals surface area contributed by atoms with Gasteiger partial charge in [0.15, 0.2) is 0 Å². The van der Waals surface area contributed by atoms with Crippen LogP contribution in [0, 0.1) is 10.1 Å². The Morgan fingerprint density at radius 2 is 1.92 bits per heavy atom. The van der Waals surface area contributed by atoms with Gasteiger partial charge in [-0.2, -0.15) is 5.10 Å². The lowest BCUT2D eigenvalue weighted by molar-refractivity contribution is -0.526. The maximum absolute atomic E-state index is 12.3. The zero-order chi connectivity index (χ0) is 25.5. The highest BCUT2D eigenvalue weighted by Gasteiger charge is 2.33. The van der Waals surface area contributed by atoms with Crippen molar-refractivity contribution < 1.29 is 14.5 Å². The highest BCUT2D eigenvalue weighted by atomic mass is 16.6. The Labute approximate surface area is 214 Å². The second kappa shape index (κ2) is 9.49. The number of aromatic nitrogens is 4. The third-order valence-corrected chi connectivity index (χ3v) is 8.03. The van der Waals surface area contributed by atoms with Gasteiger partial charge in [0.1, 0.15) is 5.82 Å². The first-order chi connectivity index (χ1) is 18.0. The second-order valence-corrected chi connectivity index (χ2v) is 10.1. The molecule has 0 atom stereocenters. The Morgan fingerprint density at radius 3 is 2.70 bits per heavy atom. The lowest BCUT2D eigenvalue weighted by atomic mass is 9.85. The molecule has 0 N–H and O–H groups in total. The summed E-state index contributed by atoms with van der Waals surface area (Å²) in [5, 5.41) is 17.1. The van der Waals surface area contributed by atoms with Crippen molar-refractivity contribution in [3.05, 3.63) is 69.7 Å². The minimum absolute atomic E-state index is 0.139. The number of para-hydroxylation sites is 1. The van der Waals surface area contributed by atoms with Crippen LogP contribution in [0.2, 0.25) is 0 Å². The monoisotopic (exact) mass is 502 g/mol. The molecule has 6 rings (SSSR count). The van der Waals surface area contributed by atoms with Gasteiger partial charge in [-0.1, -0.05) is 24.3 Å². The lowest BCUT2D eigenvalue weighted by Crippen LogP contribution is -2.35. The van der Waals surface area contributed by atoms with Gasteiger partial charge in [-0.05, 0) is 37.0 Å². The summed E-state index contributed by atoms with van der Waals surface area (Å²) in [5.74, 6) is 1.14. The van der Waals surface area contributed by atoms with Crippen LogP contribution in [0.5, 0.6) is 0 Å². The van der Waals surface area contributed by atoms with Gasteiger partial charge in [0.05, 0.1) is 42.9 Å². The number of fused-ring (bicyclic) bond motifs is 4. The highest BCUT2D eigenvalue weighted by Crippen LogP contribution is 2.37. The standard InChI is InChI=1S/C27H30N6O4/c1-37-27(34)30-13-12-18-8-11-24-25(22(18)17-30)29-26(19-6-9-21(10-7-19)33(35)36)31(24)14-15-32-23-5-3-2-4-20(23)16-28-32/h2-5,8,11,16,19,21H,6-7,9-10,12-15,17H2,1H3. The van der Waals surface area contributed by atoms with Crippen LogP contribution in [-0.2, 0) is 30.8 Å². The van der Waals surface area contributed by atoms with Crippen molar-refractivity contribution in [2.24, 2.45) is 0 Å². The molecule has 10 nitrogen and oxygen atoms in total. The molecule has 2 aliphatic rings. The van der Waals surface area contributed by atoms with E-state index in [0.717, 1.165) is 52.6 Å². The third-order valence-electron chi connectivity index (χ3n) is 8.03. The fourth-order valence-electron chi connectivity index (χ4n) is 6.02. The molecule has 1 saturated carbocycles. The van der Waals surface area contributed by atoms with E-state index in [9.17, 15) is 14.9 Å². The summed E-state index contributed by atoms with van der Waals surface area (Å²) in [6, 6.07) is 12.0. The molecule has 1 aliphatic heterocycles. The quantitative estimate of drug-likeness (QED) is 0.293. The summed E-state index contributed by atoms with van der Waals surface area (Å²) in [6.07, 6.45) is 4.95. The van der Waals surface area contributed by atoms with Crippen LogP contribution < -0.4 is 0 Å². The summed E-state index contributed by atoms with van der Waals surface area (Å²) in [7, 11) is 1.41. The van der Waals surface area contributed by atoms with Crippen LogP contribution in [0.3, 0.4) is 0 Å². The average Bonchev–Trinajstić information content (AvgIpc) is 3.52. The van der Waals surface area contributed by atoms with Crippen LogP contribution in [0.1, 0.15) is 48.6 Å². The Bertz CT molecular complexity index is 1480. The molecule has 2 aromatic carbocycles. The molecule has 4 aromatic rings. The van der Waals surface area contributed by atoms with Crippen LogP contribution in [0.25, 0.3) is 21.9 Å². The SMILES string of the molecule is COC(=O)N1CCc2ccc3c(nc(C4CCC([N+](=O)[O-])CC4)n3CCn3ncc4ccccc43)c2C1. The van der Waals surface area contributed by atoms with Crippen LogP contribution in [0.15, 0.2) is 42.6 Å². The van der Waals surface area contributed by atoms with Crippen molar-refractivity contribution in [2.45, 2.75) is 63.7 Å². The van der Waals surface area contributed by atoms with Crippen molar-refractivity contribution >= 4 is 28.0 Å². The van der Waals surface area contributed by atoms with E-state index in [1.54, 1.807) is 4.90 Å². The van der Waals surface area contributed by atoms with Gasteiger partial charge in [0.25, 0.3) is 0 Å². The number of nitrogens with zero attached hydrogens (tertiary/aromatic N) is 6. The summed E-state index contributed by atoms with van der Waals surface area (Å²) in [4.78, 5) is 30.4. The normalized spacial score (nSPS) is 19.8. The Hall–Kier alpha value is -3.95. The highest BCUT2D eigenvalue weighted by molar-refractivity contribution is 5.82. The summed E-state index contributed by atoms with van der Waals surface area (Å²) < 4.78 is 9.28. The number of carbonyl (C=O) groups is 1. The lowest BCUT2D eigenvalue weighted by Gasteiger charge is -2.27. The number of rotatable bonds is 5. The van der Waals surface area contributed by atoms with Gasteiger partial charge >= 0.3 is 6.09 Å². The topological polar surface area (TPSA) is 108 Å². The molecule has 192 valence electrons. The number of ether oxygens (including phenoxy) is 1. The smallest absolute Gasteiger partial charge is 0.409 e. The molecule has 0 spiro atoms. The molecular formula is C27H30N6O4. The molecule has 2 aromatic heterocycles.